The normalized spacial score (nSPS) is 11.5. The van der Waals surface area contributed by atoms with Crippen molar-refractivity contribution in [3.05, 3.63) is 58.6 Å². The molecule has 0 spiro atoms. The molecule has 2 aromatic carbocycles. The lowest BCUT2D eigenvalue weighted by molar-refractivity contribution is 0.414. The molecule has 0 saturated carbocycles. The predicted octanol–water partition coefficient (Wildman–Crippen LogP) is 5.33. The second-order valence-corrected chi connectivity index (χ2v) is 6.71. The Morgan fingerprint density at radius 1 is 1.05 bits per heavy atom. The van der Waals surface area contributed by atoms with Crippen LogP contribution in [0.15, 0.2) is 42.5 Å². The molecule has 0 atom stereocenters. The van der Waals surface area contributed by atoms with E-state index in [2.05, 4.69) is 33.0 Å². The molecular formula is C18H22ClNO. The summed E-state index contributed by atoms with van der Waals surface area (Å²) < 4.78 is 5.99. The van der Waals surface area contributed by atoms with Gasteiger partial charge >= 0.3 is 0 Å². The van der Waals surface area contributed by atoms with Crippen LogP contribution in [-0.4, -0.2) is 5.54 Å². The Bertz CT molecular complexity index is 600. The van der Waals surface area contributed by atoms with E-state index in [1.54, 1.807) is 0 Å². The first-order valence-corrected chi connectivity index (χ1v) is 7.49. The molecule has 0 bridgehead atoms. The van der Waals surface area contributed by atoms with E-state index in [-0.39, 0.29) is 5.54 Å². The summed E-state index contributed by atoms with van der Waals surface area (Å²) in [6.07, 6.45) is 0. The molecule has 2 nitrogen and oxygen atoms in total. The second kappa shape index (κ2) is 6.50. The summed E-state index contributed by atoms with van der Waals surface area (Å²) in [4.78, 5) is 0. The standard InChI is InChI=1S/C18H22ClNO/c1-13-5-9-16(10-6-13)21-17-11-15(19)8-7-14(17)12-20-18(2,3)4/h5-11,20H,12H2,1-4H3. The van der Waals surface area contributed by atoms with E-state index in [0.717, 1.165) is 23.6 Å². The van der Waals surface area contributed by atoms with Crippen LogP contribution in [0.4, 0.5) is 0 Å². The second-order valence-electron chi connectivity index (χ2n) is 6.27. The number of hydrogen-bond donors (Lipinski definition) is 1. The van der Waals surface area contributed by atoms with Crippen molar-refractivity contribution in [2.45, 2.75) is 39.8 Å². The van der Waals surface area contributed by atoms with Gasteiger partial charge < -0.3 is 10.1 Å². The predicted molar refractivity (Wildman–Crippen MR) is 89.3 cm³/mol. The molecule has 0 aliphatic carbocycles. The van der Waals surface area contributed by atoms with Crippen molar-refractivity contribution in [2.75, 3.05) is 0 Å². The Morgan fingerprint density at radius 3 is 2.33 bits per heavy atom. The quantitative estimate of drug-likeness (QED) is 0.824. The molecule has 0 aromatic heterocycles. The molecular weight excluding hydrogens is 282 g/mol. The Morgan fingerprint density at radius 2 is 1.71 bits per heavy atom. The average molecular weight is 304 g/mol. The van der Waals surface area contributed by atoms with Gasteiger partial charge in [-0.2, -0.15) is 0 Å². The number of ether oxygens (including phenoxy) is 1. The van der Waals surface area contributed by atoms with E-state index in [9.17, 15) is 0 Å². The van der Waals surface area contributed by atoms with Gasteiger partial charge in [-0.3, -0.25) is 0 Å². The van der Waals surface area contributed by atoms with Crippen LogP contribution in [0.2, 0.25) is 5.02 Å². The highest BCUT2D eigenvalue weighted by Gasteiger charge is 2.12. The maximum Gasteiger partial charge on any atom is 0.133 e. The number of hydrogen-bond acceptors (Lipinski definition) is 2. The topological polar surface area (TPSA) is 21.3 Å². The van der Waals surface area contributed by atoms with Crippen molar-refractivity contribution in [3.63, 3.8) is 0 Å². The summed E-state index contributed by atoms with van der Waals surface area (Å²) in [5.74, 6) is 1.61. The van der Waals surface area contributed by atoms with Crippen LogP contribution < -0.4 is 10.1 Å². The molecule has 0 radical (unpaired) electrons. The van der Waals surface area contributed by atoms with Gasteiger partial charge in [0.05, 0.1) is 0 Å². The zero-order chi connectivity index (χ0) is 15.5. The van der Waals surface area contributed by atoms with Crippen molar-refractivity contribution < 1.29 is 4.74 Å². The van der Waals surface area contributed by atoms with E-state index in [1.807, 2.05) is 42.5 Å². The van der Waals surface area contributed by atoms with E-state index < -0.39 is 0 Å². The average Bonchev–Trinajstić information content (AvgIpc) is 2.39. The number of nitrogens with one attached hydrogen (secondary N) is 1. The first-order valence-electron chi connectivity index (χ1n) is 7.11. The van der Waals surface area contributed by atoms with Crippen LogP contribution in [0.5, 0.6) is 11.5 Å². The van der Waals surface area contributed by atoms with Gasteiger partial charge in [0.25, 0.3) is 0 Å². The lowest BCUT2D eigenvalue weighted by atomic mass is 10.1. The molecule has 0 aliphatic rings. The number of aryl methyl sites for hydroxylation is 1. The minimum Gasteiger partial charge on any atom is -0.457 e. The van der Waals surface area contributed by atoms with Gasteiger partial charge in [-0.05, 0) is 52.0 Å². The molecule has 0 saturated heterocycles. The monoisotopic (exact) mass is 303 g/mol. The maximum absolute atomic E-state index is 6.10. The van der Waals surface area contributed by atoms with Crippen LogP contribution >= 0.6 is 11.6 Å². The van der Waals surface area contributed by atoms with Crippen molar-refractivity contribution in [2.24, 2.45) is 0 Å². The highest BCUT2D eigenvalue weighted by Crippen LogP contribution is 2.29. The lowest BCUT2D eigenvalue weighted by Crippen LogP contribution is -2.35. The van der Waals surface area contributed by atoms with E-state index >= 15 is 0 Å². The molecule has 0 fully saturated rings. The minimum atomic E-state index is 0.0563. The van der Waals surface area contributed by atoms with Crippen LogP contribution in [0.1, 0.15) is 31.9 Å². The molecule has 3 heteroatoms. The fourth-order valence-electron chi connectivity index (χ4n) is 1.86. The van der Waals surface area contributed by atoms with Gasteiger partial charge in [-0.1, -0.05) is 35.4 Å². The van der Waals surface area contributed by atoms with E-state index in [1.165, 1.54) is 5.56 Å². The first-order chi connectivity index (χ1) is 9.83. The molecule has 0 aliphatic heterocycles. The molecule has 0 unspecified atom stereocenters. The lowest BCUT2D eigenvalue weighted by Gasteiger charge is -2.21. The third-order valence-corrected chi connectivity index (χ3v) is 3.32. The summed E-state index contributed by atoms with van der Waals surface area (Å²) in [5, 5.41) is 4.15. The van der Waals surface area contributed by atoms with Crippen LogP contribution in [0.3, 0.4) is 0 Å². The fraction of sp³-hybridized carbons (Fsp3) is 0.333. The van der Waals surface area contributed by atoms with Gasteiger partial charge in [0.1, 0.15) is 11.5 Å². The summed E-state index contributed by atoms with van der Waals surface area (Å²) in [5.41, 5.74) is 2.36. The van der Waals surface area contributed by atoms with Crippen LogP contribution in [0, 0.1) is 6.92 Å². The number of rotatable bonds is 4. The van der Waals surface area contributed by atoms with Gasteiger partial charge in [-0.15, -0.1) is 0 Å². The Kier molecular flexibility index (Phi) is 4.92. The molecule has 0 amide bonds. The molecule has 1 N–H and O–H groups in total. The van der Waals surface area contributed by atoms with Crippen LogP contribution in [-0.2, 0) is 6.54 Å². The van der Waals surface area contributed by atoms with E-state index in [4.69, 9.17) is 16.3 Å². The van der Waals surface area contributed by atoms with Gasteiger partial charge in [0.2, 0.25) is 0 Å². The number of benzene rings is 2. The molecule has 2 aromatic rings. The van der Waals surface area contributed by atoms with Gasteiger partial charge in [0, 0.05) is 22.7 Å². The zero-order valence-corrected chi connectivity index (χ0v) is 13.8. The molecule has 2 rings (SSSR count). The minimum absolute atomic E-state index is 0.0563. The van der Waals surface area contributed by atoms with Crippen molar-refractivity contribution in [3.8, 4) is 11.5 Å². The third kappa shape index (κ3) is 5.07. The van der Waals surface area contributed by atoms with E-state index in [0.29, 0.717) is 5.02 Å². The highest BCUT2D eigenvalue weighted by atomic mass is 35.5. The largest absolute Gasteiger partial charge is 0.457 e. The SMILES string of the molecule is Cc1ccc(Oc2cc(Cl)ccc2CNC(C)(C)C)cc1. The summed E-state index contributed by atoms with van der Waals surface area (Å²) in [6, 6.07) is 13.8. The van der Waals surface area contributed by atoms with Gasteiger partial charge in [0.15, 0.2) is 0 Å². The Balaban J connectivity index is 2.20. The molecule has 0 heterocycles. The number of halogens is 1. The van der Waals surface area contributed by atoms with Crippen molar-refractivity contribution in [1.29, 1.82) is 0 Å². The Labute approximate surface area is 132 Å². The smallest absolute Gasteiger partial charge is 0.133 e. The molecule has 112 valence electrons. The summed E-state index contributed by atoms with van der Waals surface area (Å²) in [6.45, 7) is 9.22. The van der Waals surface area contributed by atoms with Crippen molar-refractivity contribution >= 4 is 11.6 Å². The first kappa shape index (κ1) is 15.9. The third-order valence-electron chi connectivity index (χ3n) is 3.09. The molecule has 21 heavy (non-hydrogen) atoms. The summed E-state index contributed by atoms with van der Waals surface area (Å²) in [7, 11) is 0. The van der Waals surface area contributed by atoms with Gasteiger partial charge in [-0.25, -0.2) is 0 Å². The fourth-order valence-corrected chi connectivity index (χ4v) is 2.03. The van der Waals surface area contributed by atoms with Crippen LogP contribution in [0.25, 0.3) is 0 Å². The van der Waals surface area contributed by atoms with Crippen molar-refractivity contribution in [1.82, 2.24) is 5.32 Å². The maximum atomic E-state index is 6.10. The Hall–Kier alpha value is -1.51. The summed E-state index contributed by atoms with van der Waals surface area (Å²) >= 11 is 6.10. The zero-order valence-electron chi connectivity index (χ0n) is 13.0. The highest BCUT2D eigenvalue weighted by molar-refractivity contribution is 6.30.